The van der Waals surface area contributed by atoms with E-state index in [0.29, 0.717) is 39.3 Å². The molecule has 2 saturated heterocycles. The lowest BCUT2D eigenvalue weighted by Crippen LogP contribution is -2.50. The first-order valence-corrected chi connectivity index (χ1v) is 10.4. The fraction of sp³-hybridized carbons (Fsp3) is 0.391. The van der Waals surface area contributed by atoms with Gasteiger partial charge >= 0.3 is 0 Å². The van der Waals surface area contributed by atoms with Gasteiger partial charge in [0.1, 0.15) is 11.6 Å². The molecule has 0 aromatic heterocycles. The topological polar surface area (TPSA) is 53.1 Å². The summed E-state index contributed by atoms with van der Waals surface area (Å²) in [7, 11) is 0. The van der Waals surface area contributed by atoms with E-state index >= 15 is 0 Å². The van der Waals surface area contributed by atoms with E-state index in [4.69, 9.17) is 4.74 Å². The Morgan fingerprint density at radius 1 is 1.00 bits per heavy atom. The molecule has 2 aromatic carbocycles. The van der Waals surface area contributed by atoms with E-state index in [2.05, 4.69) is 4.90 Å². The number of rotatable bonds is 5. The van der Waals surface area contributed by atoms with Crippen LogP contribution in [0.4, 0.5) is 15.8 Å². The summed E-state index contributed by atoms with van der Waals surface area (Å²) in [6.07, 6.45) is 0.240. The molecule has 158 valence electrons. The van der Waals surface area contributed by atoms with Crippen molar-refractivity contribution in [3.63, 3.8) is 0 Å². The normalized spacial score (nSPS) is 19.3. The molecule has 0 bridgehead atoms. The number of hydrogen-bond donors (Lipinski definition) is 0. The van der Waals surface area contributed by atoms with Crippen molar-refractivity contribution in [2.24, 2.45) is 5.92 Å². The maximum absolute atomic E-state index is 13.1. The summed E-state index contributed by atoms with van der Waals surface area (Å²) in [6, 6.07) is 13.8. The Morgan fingerprint density at radius 3 is 2.27 bits per heavy atom. The summed E-state index contributed by atoms with van der Waals surface area (Å²) < 4.78 is 18.6. The molecule has 2 fully saturated rings. The summed E-state index contributed by atoms with van der Waals surface area (Å²) >= 11 is 0. The molecule has 2 heterocycles. The van der Waals surface area contributed by atoms with Crippen molar-refractivity contribution < 1.29 is 18.7 Å². The van der Waals surface area contributed by atoms with Crippen LogP contribution in [0.3, 0.4) is 0 Å². The van der Waals surface area contributed by atoms with Gasteiger partial charge in [0.25, 0.3) is 0 Å². The van der Waals surface area contributed by atoms with Gasteiger partial charge in [0, 0.05) is 50.5 Å². The van der Waals surface area contributed by atoms with Crippen molar-refractivity contribution in [3.05, 3.63) is 54.3 Å². The van der Waals surface area contributed by atoms with E-state index in [1.807, 2.05) is 36.1 Å². The Morgan fingerprint density at radius 2 is 1.63 bits per heavy atom. The van der Waals surface area contributed by atoms with Crippen LogP contribution in [0.2, 0.25) is 0 Å². The molecule has 2 amide bonds. The molecular weight excluding hydrogens is 385 g/mol. The standard InChI is InChI=1S/C23H26FN3O3/c1-2-30-21-9-7-20(8-10-21)27-16-17(15-22(27)28)23(29)26-13-11-25(12-14-26)19-5-3-18(24)4-6-19/h3-10,17H,2,11-16H2,1H3/t17-/m1/s1. The molecule has 7 heteroatoms. The Balaban J connectivity index is 1.34. The second-order valence-electron chi connectivity index (χ2n) is 7.62. The van der Waals surface area contributed by atoms with Crippen molar-refractivity contribution in [2.75, 3.05) is 49.1 Å². The highest BCUT2D eigenvalue weighted by molar-refractivity contribution is 6.00. The molecule has 4 rings (SSSR count). The van der Waals surface area contributed by atoms with Gasteiger partial charge in [0.2, 0.25) is 11.8 Å². The summed E-state index contributed by atoms with van der Waals surface area (Å²) in [4.78, 5) is 31.2. The number of halogens is 1. The summed E-state index contributed by atoms with van der Waals surface area (Å²) in [5, 5.41) is 0. The lowest BCUT2D eigenvalue weighted by Gasteiger charge is -2.37. The third-order valence-corrected chi connectivity index (χ3v) is 5.72. The highest BCUT2D eigenvalue weighted by Crippen LogP contribution is 2.28. The predicted octanol–water partition coefficient (Wildman–Crippen LogP) is 2.93. The van der Waals surface area contributed by atoms with E-state index in [0.717, 1.165) is 17.1 Å². The summed E-state index contributed by atoms with van der Waals surface area (Å²) in [5.41, 5.74) is 1.75. The zero-order chi connectivity index (χ0) is 21.1. The van der Waals surface area contributed by atoms with Gasteiger partial charge in [-0.3, -0.25) is 9.59 Å². The molecule has 2 aliphatic heterocycles. The third kappa shape index (κ3) is 4.25. The van der Waals surface area contributed by atoms with Crippen LogP contribution in [0.15, 0.2) is 48.5 Å². The first-order chi connectivity index (χ1) is 14.5. The van der Waals surface area contributed by atoms with Crippen molar-refractivity contribution in [3.8, 4) is 5.75 Å². The van der Waals surface area contributed by atoms with Gasteiger partial charge in [-0.25, -0.2) is 4.39 Å². The van der Waals surface area contributed by atoms with E-state index < -0.39 is 0 Å². The fourth-order valence-electron chi connectivity index (χ4n) is 4.11. The van der Waals surface area contributed by atoms with Gasteiger partial charge in [0.05, 0.1) is 12.5 Å². The third-order valence-electron chi connectivity index (χ3n) is 5.72. The smallest absolute Gasteiger partial charge is 0.228 e. The number of nitrogens with zero attached hydrogens (tertiary/aromatic N) is 3. The number of piperazine rings is 1. The maximum Gasteiger partial charge on any atom is 0.228 e. The quantitative estimate of drug-likeness (QED) is 0.759. The van der Waals surface area contributed by atoms with E-state index in [1.165, 1.54) is 12.1 Å². The number of anilines is 2. The summed E-state index contributed by atoms with van der Waals surface area (Å²) in [6.45, 7) is 5.51. The van der Waals surface area contributed by atoms with Gasteiger partial charge in [-0.2, -0.15) is 0 Å². The van der Waals surface area contributed by atoms with Gasteiger partial charge in [0.15, 0.2) is 0 Å². The second-order valence-corrected chi connectivity index (χ2v) is 7.62. The van der Waals surface area contributed by atoms with Crippen molar-refractivity contribution >= 4 is 23.2 Å². The molecule has 0 aliphatic carbocycles. The maximum atomic E-state index is 13.1. The minimum absolute atomic E-state index is 0.0255. The van der Waals surface area contributed by atoms with Gasteiger partial charge < -0.3 is 19.4 Å². The van der Waals surface area contributed by atoms with Crippen LogP contribution in [0.5, 0.6) is 5.75 Å². The zero-order valence-corrected chi connectivity index (χ0v) is 17.1. The fourth-order valence-corrected chi connectivity index (χ4v) is 4.11. The molecule has 30 heavy (non-hydrogen) atoms. The molecule has 0 unspecified atom stereocenters. The SMILES string of the molecule is CCOc1ccc(N2C[C@H](C(=O)N3CCN(c4ccc(F)cc4)CC3)CC2=O)cc1. The average Bonchev–Trinajstić information content (AvgIpc) is 3.16. The highest BCUT2D eigenvalue weighted by Gasteiger charge is 2.38. The molecule has 0 spiro atoms. The van der Waals surface area contributed by atoms with Crippen molar-refractivity contribution in [1.29, 1.82) is 0 Å². The van der Waals surface area contributed by atoms with Crippen molar-refractivity contribution in [2.45, 2.75) is 13.3 Å². The Bertz CT molecular complexity index is 893. The molecule has 2 aliphatic rings. The Kier molecular flexibility index (Phi) is 5.88. The van der Waals surface area contributed by atoms with Crippen LogP contribution in [-0.4, -0.2) is 56.0 Å². The molecule has 0 saturated carbocycles. The monoisotopic (exact) mass is 411 g/mol. The predicted molar refractivity (Wildman–Crippen MR) is 113 cm³/mol. The number of hydrogen-bond acceptors (Lipinski definition) is 4. The number of carbonyl (C=O) groups is 2. The molecule has 1 atom stereocenters. The molecular formula is C23H26FN3O3. The lowest BCUT2D eigenvalue weighted by molar-refractivity contribution is -0.136. The molecule has 0 radical (unpaired) electrons. The summed E-state index contributed by atoms with van der Waals surface area (Å²) in [5.74, 6) is 0.203. The zero-order valence-electron chi connectivity index (χ0n) is 17.1. The Labute approximate surface area is 175 Å². The number of benzene rings is 2. The average molecular weight is 411 g/mol. The minimum atomic E-state index is -0.318. The van der Waals surface area contributed by atoms with Crippen LogP contribution in [0.1, 0.15) is 13.3 Å². The first-order valence-electron chi connectivity index (χ1n) is 10.4. The molecule has 2 aromatic rings. The van der Waals surface area contributed by atoms with E-state index in [1.54, 1.807) is 17.0 Å². The van der Waals surface area contributed by atoms with E-state index in [9.17, 15) is 14.0 Å². The lowest BCUT2D eigenvalue weighted by atomic mass is 10.1. The van der Waals surface area contributed by atoms with Gasteiger partial charge in [-0.15, -0.1) is 0 Å². The highest BCUT2D eigenvalue weighted by atomic mass is 19.1. The minimum Gasteiger partial charge on any atom is -0.494 e. The molecule has 6 nitrogen and oxygen atoms in total. The van der Waals surface area contributed by atoms with Crippen LogP contribution < -0.4 is 14.5 Å². The van der Waals surface area contributed by atoms with Crippen LogP contribution in [-0.2, 0) is 9.59 Å². The largest absolute Gasteiger partial charge is 0.494 e. The van der Waals surface area contributed by atoms with Crippen LogP contribution in [0.25, 0.3) is 0 Å². The van der Waals surface area contributed by atoms with Gasteiger partial charge in [-0.1, -0.05) is 0 Å². The van der Waals surface area contributed by atoms with E-state index in [-0.39, 0.29) is 30.0 Å². The number of ether oxygens (including phenoxy) is 1. The van der Waals surface area contributed by atoms with Crippen LogP contribution >= 0.6 is 0 Å². The number of carbonyl (C=O) groups excluding carboxylic acids is 2. The second kappa shape index (κ2) is 8.73. The van der Waals surface area contributed by atoms with Crippen molar-refractivity contribution in [1.82, 2.24) is 4.90 Å². The van der Waals surface area contributed by atoms with Crippen LogP contribution in [0, 0.1) is 11.7 Å². The Hall–Kier alpha value is -3.09. The van der Waals surface area contributed by atoms with Gasteiger partial charge in [-0.05, 0) is 55.5 Å². The number of amides is 2. The first kappa shape index (κ1) is 20.2. The molecule has 0 N–H and O–H groups in total.